The van der Waals surface area contributed by atoms with Gasteiger partial charge in [0.05, 0.1) is 18.1 Å². The number of hydrogen-bond acceptors (Lipinski definition) is 5. The molecule has 194 valence electrons. The highest BCUT2D eigenvalue weighted by Crippen LogP contribution is 2.73. The van der Waals surface area contributed by atoms with Crippen molar-refractivity contribution in [3.63, 3.8) is 0 Å². The van der Waals surface area contributed by atoms with Gasteiger partial charge in [0, 0.05) is 23.7 Å². The van der Waals surface area contributed by atoms with Crippen molar-refractivity contribution in [1.82, 2.24) is 0 Å². The molecule has 10 atom stereocenters. The van der Waals surface area contributed by atoms with E-state index in [-0.39, 0.29) is 57.8 Å². The summed E-state index contributed by atoms with van der Waals surface area (Å²) >= 11 is 0. The summed E-state index contributed by atoms with van der Waals surface area (Å²) < 4.78 is 5.73. The van der Waals surface area contributed by atoms with Crippen molar-refractivity contribution in [3.8, 4) is 0 Å². The molecule has 2 N–H and O–H groups in total. The maximum Gasteiger partial charge on any atom is 0.310 e. The SMILES string of the molecule is CC(C)=C[C@H]1C[C@H]([C@@H]2[C@@H](O)C[C@]3(C)C4=CC(=O)[C@H]5C(C)(C)[C@@H](O)CC[C@]5(C)[C@@H]4CC[C@@]23C)C(=O)O1. The third-order valence-electron chi connectivity index (χ3n) is 11.6. The molecule has 0 unspecified atom stereocenters. The minimum Gasteiger partial charge on any atom is -0.458 e. The van der Waals surface area contributed by atoms with Crippen molar-refractivity contribution in [1.29, 1.82) is 0 Å². The average Bonchev–Trinajstić information content (AvgIpc) is 3.17. The van der Waals surface area contributed by atoms with Gasteiger partial charge in [-0.15, -0.1) is 0 Å². The zero-order valence-electron chi connectivity index (χ0n) is 22.6. The highest BCUT2D eigenvalue weighted by molar-refractivity contribution is 5.95. The lowest BCUT2D eigenvalue weighted by Crippen LogP contribution is -2.60. The van der Waals surface area contributed by atoms with Crippen molar-refractivity contribution in [2.45, 2.75) is 105 Å². The molecule has 5 rings (SSSR count). The van der Waals surface area contributed by atoms with Crippen LogP contribution in [0.25, 0.3) is 0 Å². The van der Waals surface area contributed by atoms with Crippen LogP contribution in [0.15, 0.2) is 23.3 Å². The highest BCUT2D eigenvalue weighted by Gasteiger charge is 2.70. The Morgan fingerprint density at radius 1 is 1.06 bits per heavy atom. The second-order valence-corrected chi connectivity index (χ2v) is 14.0. The summed E-state index contributed by atoms with van der Waals surface area (Å²) in [7, 11) is 0. The van der Waals surface area contributed by atoms with Crippen LogP contribution in [0.2, 0.25) is 0 Å². The van der Waals surface area contributed by atoms with Gasteiger partial charge in [-0.3, -0.25) is 9.59 Å². The van der Waals surface area contributed by atoms with Gasteiger partial charge in [0.25, 0.3) is 0 Å². The smallest absolute Gasteiger partial charge is 0.310 e. The van der Waals surface area contributed by atoms with Crippen LogP contribution in [0.5, 0.6) is 0 Å². The monoisotopic (exact) mass is 484 g/mol. The maximum absolute atomic E-state index is 13.8. The number of fused-ring (bicyclic) bond motifs is 5. The van der Waals surface area contributed by atoms with E-state index in [9.17, 15) is 19.8 Å². The van der Waals surface area contributed by atoms with Crippen molar-refractivity contribution >= 4 is 11.8 Å². The number of ketones is 1. The molecule has 1 saturated heterocycles. The fraction of sp³-hybridized carbons (Fsp3) is 0.800. The first kappa shape index (κ1) is 25.2. The minimum absolute atomic E-state index is 0.134. The topological polar surface area (TPSA) is 83.8 Å². The Bertz CT molecular complexity index is 1000. The molecule has 35 heavy (non-hydrogen) atoms. The first-order valence-corrected chi connectivity index (χ1v) is 13.6. The molecule has 0 aromatic rings. The minimum atomic E-state index is -0.599. The molecule has 1 heterocycles. The zero-order valence-corrected chi connectivity index (χ0v) is 22.6. The molecule has 5 aliphatic rings. The quantitative estimate of drug-likeness (QED) is 0.426. The third-order valence-corrected chi connectivity index (χ3v) is 11.6. The van der Waals surface area contributed by atoms with Crippen molar-refractivity contribution < 1.29 is 24.5 Å². The lowest BCUT2D eigenvalue weighted by molar-refractivity contribution is -0.159. The average molecular weight is 485 g/mol. The summed E-state index contributed by atoms with van der Waals surface area (Å²) in [4.78, 5) is 26.8. The zero-order chi connectivity index (χ0) is 25.7. The number of rotatable bonds is 2. The molecule has 0 aromatic carbocycles. The number of aliphatic hydroxyl groups excluding tert-OH is 2. The predicted molar refractivity (Wildman–Crippen MR) is 134 cm³/mol. The second kappa shape index (κ2) is 7.77. The predicted octanol–water partition coefficient (Wildman–Crippen LogP) is 5.00. The third kappa shape index (κ3) is 3.26. The van der Waals surface area contributed by atoms with E-state index >= 15 is 0 Å². The number of carbonyl (C=O) groups is 2. The Morgan fingerprint density at radius 3 is 2.40 bits per heavy atom. The summed E-state index contributed by atoms with van der Waals surface area (Å²) in [5.74, 6) is -0.487. The molecule has 0 amide bonds. The Balaban J connectivity index is 1.54. The van der Waals surface area contributed by atoms with E-state index in [1.54, 1.807) is 0 Å². The van der Waals surface area contributed by atoms with E-state index in [2.05, 4.69) is 34.6 Å². The van der Waals surface area contributed by atoms with Gasteiger partial charge < -0.3 is 14.9 Å². The van der Waals surface area contributed by atoms with E-state index in [1.165, 1.54) is 5.57 Å². The number of allylic oxidation sites excluding steroid dienone is 3. The number of ether oxygens (including phenoxy) is 1. The van der Waals surface area contributed by atoms with Crippen LogP contribution in [-0.2, 0) is 14.3 Å². The second-order valence-electron chi connectivity index (χ2n) is 14.0. The summed E-state index contributed by atoms with van der Waals surface area (Å²) in [5.41, 5.74) is 1.03. The number of esters is 1. The molecule has 0 radical (unpaired) electrons. The summed E-state index contributed by atoms with van der Waals surface area (Å²) in [6.45, 7) is 14.9. The van der Waals surface area contributed by atoms with Gasteiger partial charge in [0.15, 0.2) is 5.78 Å². The van der Waals surface area contributed by atoms with Gasteiger partial charge >= 0.3 is 5.97 Å². The largest absolute Gasteiger partial charge is 0.458 e. The van der Waals surface area contributed by atoms with Crippen LogP contribution in [-0.4, -0.2) is 40.3 Å². The molecule has 3 saturated carbocycles. The molecular formula is C30H44O5. The fourth-order valence-corrected chi connectivity index (χ4v) is 9.81. The molecule has 0 spiro atoms. The molecule has 4 fully saturated rings. The Kier molecular flexibility index (Phi) is 5.60. The highest BCUT2D eigenvalue weighted by atomic mass is 16.5. The number of aliphatic hydroxyl groups is 2. The van der Waals surface area contributed by atoms with E-state index in [1.807, 2.05) is 26.0 Å². The van der Waals surface area contributed by atoms with Crippen LogP contribution in [0.3, 0.4) is 0 Å². The van der Waals surface area contributed by atoms with E-state index in [4.69, 9.17) is 4.74 Å². The van der Waals surface area contributed by atoms with Gasteiger partial charge in [-0.1, -0.05) is 45.8 Å². The van der Waals surface area contributed by atoms with Crippen LogP contribution in [0.1, 0.15) is 87.0 Å². The van der Waals surface area contributed by atoms with Crippen LogP contribution < -0.4 is 0 Å². The molecule has 0 aromatic heterocycles. The van der Waals surface area contributed by atoms with Crippen LogP contribution >= 0.6 is 0 Å². The number of carbonyl (C=O) groups excluding carboxylic acids is 2. The van der Waals surface area contributed by atoms with Gasteiger partial charge in [-0.25, -0.2) is 0 Å². The molecule has 1 aliphatic heterocycles. The summed E-state index contributed by atoms with van der Waals surface area (Å²) in [6.07, 6.45) is 7.26. The molecule has 4 aliphatic carbocycles. The standard InChI is InChI=1S/C30H44O5/c1-16(2)12-17-13-18(26(34)35-17)24-22(32)15-30(7)20-14-21(31)25-27(3,4)23(33)9-10-28(25,5)19(20)8-11-29(24,30)6/h12,14,17-19,22-25,32-33H,8-11,13,15H2,1-7H3/t17-,18+,19+,22-,23-,24+,25-,28+,29-,30+/m0/s1. The molecule has 0 bridgehead atoms. The lowest BCUT2D eigenvalue weighted by Gasteiger charge is -2.63. The van der Waals surface area contributed by atoms with Crippen molar-refractivity contribution in [2.24, 2.45) is 45.3 Å². The number of cyclic esters (lactones) is 1. The molecular weight excluding hydrogens is 440 g/mol. The Hall–Kier alpha value is -1.46. The maximum atomic E-state index is 13.8. The van der Waals surface area contributed by atoms with Gasteiger partial charge in [0.1, 0.15) is 6.10 Å². The van der Waals surface area contributed by atoms with E-state index < -0.39 is 17.6 Å². The number of hydrogen-bond donors (Lipinski definition) is 2. The van der Waals surface area contributed by atoms with Gasteiger partial charge in [-0.05, 0) is 80.3 Å². The van der Waals surface area contributed by atoms with Crippen molar-refractivity contribution in [2.75, 3.05) is 0 Å². The van der Waals surface area contributed by atoms with Crippen LogP contribution in [0, 0.1) is 45.3 Å². The van der Waals surface area contributed by atoms with Gasteiger partial charge in [0.2, 0.25) is 0 Å². The normalized spacial score (nSPS) is 50.5. The molecule has 5 nitrogen and oxygen atoms in total. The Labute approximate surface area is 210 Å². The lowest BCUT2D eigenvalue weighted by atomic mass is 9.40. The Morgan fingerprint density at radius 2 is 1.74 bits per heavy atom. The first-order chi connectivity index (χ1) is 16.2. The van der Waals surface area contributed by atoms with Gasteiger partial charge in [-0.2, -0.15) is 0 Å². The molecule has 5 heteroatoms. The van der Waals surface area contributed by atoms with E-state index in [0.29, 0.717) is 12.8 Å². The van der Waals surface area contributed by atoms with Crippen molar-refractivity contribution in [3.05, 3.63) is 23.3 Å². The summed E-state index contributed by atoms with van der Waals surface area (Å²) in [5, 5.41) is 22.3. The summed E-state index contributed by atoms with van der Waals surface area (Å²) in [6, 6.07) is 0. The first-order valence-electron chi connectivity index (χ1n) is 13.6. The fourth-order valence-electron chi connectivity index (χ4n) is 9.81. The van der Waals surface area contributed by atoms with E-state index in [0.717, 1.165) is 31.3 Å². The van der Waals surface area contributed by atoms with Crippen LogP contribution in [0.4, 0.5) is 0 Å².